The first-order valence-electron chi connectivity index (χ1n) is 9.24. The summed E-state index contributed by atoms with van der Waals surface area (Å²) in [7, 11) is 1.45. The molecule has 2 aromatic rings. The number of benzene rings is 2. The predicted molar refractivity (Wildman–Crippen MR) is 111 cm³/mol. The SMILES string of the molecule is CC(=O)Nc1ccc(NC2=C(c3ccc(OC(C)C)cc3)C(=O)N(C)C2=O)cc1. The molecule has 0 radical (unpaired) electrons. The molecule has 7 heteroatoms. The summed E-state index contributed by atoms with van der Waals surface area (Å²) in [6.07, 6.45) is 0.0404. The fourth-order valence-corrected chi connectivity index (χ4v) is 2.98. The Morgan fingerprint density at radius 3 is 2.07 bits per heavy atom. The third-order valence-electron chi connectivity index (χ3n) is 4.28. The number of likely N-dealkylation sites (N-methyl/N-ethyl adjacent to an activating group) is 1. The Kier molecular flexibility index (Phi) is 5.68. The van der Waals surface area contributed by atoms with Gasteiger partial charge in [0.1, 0.15) is 11.4 Å². The van der Waals surface area contributed by atoms with Crippen molar-refractivity contribution in [2.75, 3.05) is 17.7 Å². The van der Waals surface area contributed by atoms with E-state index in [0.29, 0.717) is 28.3 Å². The predicted octanol–water partition coefficient (Wildman–Crippen LogP) is 3.25. The van der Waals surface area contributed by atoms with Crippen LogP contribution in [0, 0.1) is 0 Å². The van der Waals surface area contributed by atoms with Gasteiger partial charge < -0.3 is 15.4 Å². The van der Waals surface area contributed by atoms with Crippen molar-refractivity contribution < 1.29 is 19.1 Å². The summed E-state index contributed by atoms with van der Waals surface area (Å²) in [4.78, 5) is 37.5. The second-order valence-corrected chi connectivity index (χ2v) is 6.99. The summed E-state index contributed by atoms with van der Waals surface area (Å²) in [5.74, 6) is -0.250. The highest BCUT2D eigenvalue weighted by Gasteiger charge is 2.36. The Morgan fingerprint density at radius 2 is 1.52 bits per heavy atom. The van der Waals surface area contributed by atoms with Gasteiger partial charge in [0.15, 0.2) is 0 Å². The lowest BCUT2D eigenvalue weighted by Gasteiger charge is -2.11. The van der Waals surface area contributed by atoms with Crippen molar-refractivity contribution >= 4 is 34.7 Å². The molecule has 0 saturated carbocycles. The second kappa shape index (κ2) is 8.18. The van der Waals surface area contributed by atoms with Crippen LogP contribution in [0.2, 0.25) is 0 Å². The molecule has 1 aliphatic heterocycles. The van der Waals surface area contributed by atoms with Crippen molar-refractivity contribution in [1.29, 1.82) is 0 Å². The summed E-state index contributed by atoms with van der Waals surface area (Å²) in [6.45, 7) is 5.30. The zero-order chi connectivity index (χ0) is 21.1. The molecule has 2 aromatic carbocycles. The van der Waals surface area contributed by atoms with Gasteiger partial charge in [-0.2, -0.15) is 0 Å². The van der Waals surface area contributed by atoms with Crippen LogP contribution in [0.4, 0.5) is 11.4 Å². The minimum absolute atomic E-state index is 0.0404. The number of nitrogens with zero attached hydrogens (tertiary/aromatic N) is 1. The van der Waals surface area contributed by atoms with Gasteiger partial charge in [-0.1, -0.05) is 12.1 Å². The van der Waals surface area contributed by atoms with Crippen LogP contribution in [0.3, 0.4) is 0 Å². The van der Waals surface area contributed by atoms with Gasteiger partial charge in [0.2, 0.25) is 5.91 Å². The van der Waals surface area contributed by atoms with Crippen molar-refractivity contribution in [1.82, 2.24) is 4.90 Å². The topological polar surface area (TPSA) is 87.7 Å². The minimum Gasteiger partial charge on any atom is -0.491 e. The van der Waals surface area contributed by atoms with E-state index in [-0.39, 0.29) is 23.6 Å². The molecular formula is C22H23N3O4. The molecule has 0 saturated heterocycles. The Balaban J connectivity index is 1.92. The summed E-state index contributed by atoms with van der Waals surface area (Å²) >= 11 is 0. The highest BCUT2D eigenvalue weighted by atomic mass is 16.5. The Bertz CT molecular complexity index is 976. The number of nitrogens with one attached hydrogen (secondary N) is 2. The van der Waals surface area contributed by atoms with Crippen molar-refractivity contribution in [2.24, 2.45) is 0 Å². The van der Waals surface area contributed by atoms with Crippen molar-refractivity contribution in [3.8, 4) is 5.75 Å². The van der Waals surface area contributed by atoms with Crippen LogP contribution in [-0.2, 0) is 14.4 Å². The van der Waals surface area contributed by atoms with Crippen molar-refractivity contribution in [3.63, 3.8) is 0 Å². The van der Waals surface area contributed by atoms with Crippen LogP contribution in [0.5, 0.6) is 5.75 Å². The molecule has 3 rings (SSSR count). The van der Waals surface area contributed by atoms with Crippen molar-refractivity contribution in [2.45, 2.75) is 26.9 Å². The number of hydrogen-bond acceptors (Lipinski definition) is 5. The van der Waals surface area contributed by atoms with Gasteiger partial charge in [-0.25, -0.2) is 0 Å². The van der Waals surface area contributed by atoms with Crippen LogP contribution < -0.4 is 15.4 Å². The average Bonchev–Trinajstić information content (AvgIpc) is 2.87. The first kappa shape index (κ1) is 20.1. The van der Waals surface area contributed by atoms with E-state index >= 15 is 0 Å². The Hall–Kier alpha value is -3.61. The van der Waals surface area contributed by atoms with Gasteiger partial charge in [0, 0.05) is 25.3 Å². The monoisotopic (exact) mass is 393 g/mol. The molecule has 1 aliphatic rings. The van der Waals surface area contributed by atoms with E-state index in [1.807, 2.05) is 13.8 Å². The molecule has 0 atom stereocenters. The van der Waals surface area contributed by atoms with E-state index in [0.717, 1.165) is 4.90 Å². The summed E-state index contributed by atoms with van der Waals surface area (Å²) in [6, 6.07) is 14.0. The fraction of sp³-hybridized carbons (Fsp3) is 0.227. The minimum atomic E-state index is -0.404. The molecule has 0 aromatic heterocycles. The first-order valence-corrected chi connectivity index (χ1v) is 9.24. The quantitative estimate of drug-likeness (QED) is 0.736. The number of imide groups is 1. The van der Waals surface area contributed by atoms with Gasteiger partial charge in [0.25, 0.3) is 11.8 Å². The molecular weight excluding hydrogens is 370 g/mol. The number of hydrogen-bond donors (Lipinski definition) is 2. The zero-order valence-corrected chi connectivity index (χ0v) is 16.8. The third kappa shape index (κ3) is 4.45. The number of amides is 3. The van der Waals surface area contributed by atoms with Gasteiger partial charge in [-0.05, 0) is 55.8 Å². The normalized spacial score (nSPS) is 13.9. The highest BCUT2D eigenvalue weighted by molar-refractivity contribution is 6.36. The summed E-state index contributed by atoms with van der Waals surface area (Å²) < 4.78 is 5.64. The van der Waals surface area contributed by atoms with Gasteiger partial charge in [-0.3, -0.25) is 19.3 Å². The molecule has 0 fully saturated rings. The maximum atomic E-state index is 12.7. The fourth-order valence-electron chi connectivity index (χ4n) is 2.98. The molecule has 0 bridgehead atoms. The number of anilines is 2. The molecule has 7 nitrogen and oxygen atoms in total. The molecule has 29 heavy (non-hydrogen) atoms. The number of rotatable bonds is 6. The maximum Gasteiger partial charge on any atom is 0.277 e. The molecule has 0 aliphatic carbocycles. The number of carbonyl (C=O) groups excluding carboxylic acids is 3. The average molecular weight is 393 g/mol. The second-order valence-electron chi connectivity index (χ2n) is 6.99. The Morgan fingerprint density at radius 1 is 0.931 bits per heavy atom. The lowest BCUT2D eigenvalue weighted by atomic mass is 10.0. The molecule has 3 amide bonds. The van der Waals surface area contributed by atoms with E-state index in [1.54, 1.807) is 48.5 Å². The molecule has 0 spiro atoms. The van der Waals surface area contributed by atoms with Gasteiger partial charge >= 0.3 is 0 Å². The standard InChI is InChI=1S/C22H23N3O4/c1-13(2)29-18-11-5-15(6-12-18)19-20(22(28)25(4)21(19)27)24-17-9-7-16(8-10-17)23-14(3)26/h5-13,24H,1-4H3,(H,23,26). The van der Waals surface area contributed by atoms with E-state index in [1.165, 1.54) is 14.0 Å². The number of carbonyl (C=O) groups is 3. The van der Waals surface area contributed by atoms with Crippen molar-refractivity contribution in [3.05, 3.63) is 59.8 Å². The lowest BCUT2D eigenvalue weighted by Crippen LogP contribution is -2.27. The molecule has 2 N–H and O–H groups in total. The molecule has 0 unspecified atom stereocenters. The van der Waals surface area contributed by atoms with Crippen LogP contribution in [0.1, 0.15) is 26.3 Å². The smallest absolute Gasteiger partial charge is 0.277 e. The Labute approximate surface area is 169 Å². The largest absolute Gasteiger partial charge is 0.491 e. The summed E-state index contributed by atoms with van der Waals surface area (Å²) in [5, 5.41) is 5.73. The van der Waals surface area contributed by atoms with E-state index < -0.39 is 5.91 Å². The van der Waals surface area contributed by atoms with Crippen LogP contribution in [0.15, 0.2) is 54.2 Å². The maximum absolute atomic E-state index is 12.7. The zero-order valence-electron chi connectivity index (χ0n) is 16.8. The first-order chi connectivity index (χ1) is 13.8. The van der Waals surface area contributed by atoms with Gasteiger partial charge in [-0.15, -0.1) is 0 Å². The van der Waals surface area contributed by atoms with Gasteiger partial charge in [0.05, 0.1) is 11.7 Å². The van der Waals surface area contributed by atoms with Crippen LogP contribution in [0.25, 0.3) is 5.57 Å². The number of ether oxygens (including phenoxy) is 1. The third-order valence-corrected chi connectivity index (χ3v) is 4.28. The molecule has 150 valence electrons. The van der Waals surface area contributed by atoms with Crippen LogP contribution >= 0.6 is 0 Å². The summed E-state index contributed by atoms with van der Waals surface area (Å²) in [5.41, 5.74) is 2.41. The van der Waals surface area contributed by atoms with E-state index in [4.69, 9.17) is 4.74 Å². The lowest BCUT2D eigenvalue weighted by molar-refractivity contribution is -0.135. The molecule has 1 heterocycles. The highest BCUT2D eigenvalue weighted by Crippen LogP contribution is 2.31. The van der Waals surface area contributed by atoms with E-state index in [2.05, 4.69) is 10.6 Å². The van der Waals surface area contributed by atoms with Crippen LogP contribution in [-0.4, -0.2) is 35.8 Å². The van der Waals surface area contributed by atoms with E-state index in [9.17, 15) is 14.4 Å².